The van der Waals surface area contributed by atoms with Crippen molar-refractivity contribution in [3.05, 3.63) is 23.8 Å². The summed E-state index contributed by atoms with van der Waals surface area (Å²) in [6.45, 7) is 0.903. The van der Waals surface area contributed by atoms with Gasteiger partial charge in [0.1, 0.15) is 0 Å². The normalized spacial score (nSPS) is 14.7. The van der Waals surface area contributed by atoms with E-state index < -0.39 is 0 Å². The fourth-order valence-corrected chi connectivity index (χ4v) is 2.57. The summed E-state index contributed by atoms with van der Waals surface area (Å²) in [4.78, 5) is 1.39. The minimum atomic E-state index is 0. The standard InChI is InChI=1S/C11H16N2S.ClH/c1-13-7-8-6-9(12)2-5-11(8)14-10-3-4-10;/h2,5-6,10,13H,3-4,7,12H2,1H3;1H. The van der Waals surface area contributed by atoms with Crippen LogP contribution < -0.4 is 11.1 Å². The van der Waals surface area contributed by atoms with Gasteiger partial charge in [-0.15, -0.1) is 24.2 Å². The monoisotopic (exact) mass is 244 g/mol. The molecule has 0 unspecified atom stereocenters. The Morgan fingerprint density at radius 2 is 2.20 bits per heavy atom. The molecule has 0 aromatic heterocycles. The molecule has 0 bridgehead atoms. The highest BCUT2D eigenvalue weighted by Gasteiger charge is 2.23. The molecule has 1 aromatic carbocycles. The molecule has 1 saturated carbocycles. The van der Waals surface area contributed by atoms with Crippen molar-refractivity contribution in [2.24, 2.45) is 0 Å². The Morgan fingerprint density at radius 1 is 1.47 bits per heavy atom. The molecule has 2 nitrogen and oxygen atoms in total. The van der Waals surface area contributed by atoms with Crippen LogP contribution in [0.25, 0.3) is 0 Å². The highest BCUT2D eigenvalue weighted by atomic mass is 35.5. The van der Waals surface area contributed by atoms with Gasteiger partial charge < -0.3 is 11.1 Å². The number of benzene rings is 1. The molecule has 2 rings (SSSR count). The largest absolute Gasteiger partial charge is 0.399 e. The zero-order chi connectivity index (χ0) is 9.97. The number of rotatable bonds is 4. The number of anilines is 1. The van der Waals surface area contributed by atoms with E-state index in [1.165, 1.54) is 23.3 Å². The third-order valence-electron chi connectivity index (χ3n) is 2.27. The third-order valence-corrected chi connectivity index (χ3v) is 3.73. The van der Waals surface area contributed by atoms with Gasteiger partial charge in [0.2, 0.25) is 0 Å². The van der Waals surface area contributed by atoms with Crippen molar-refractivity contribution in [2.75, 3.05) is 12.8 Å². The first kappa shape index (κ1) is 12.7. The van der Waals surface area contributed by atoms with Gasteiger partial charge in [0.05, 0.1) is 0 Å². The first-order valence-electron chi connectivity index (χ1n) is 4.99. The fraction of sp³-hybridized carbons (Fsp3) is 0.455. The first-order chi connectivity index (χ1) is 6.79. The lowest BCUT2D eigenvalue weighted by molar-refractivity contribution is 0.804. The van der Waals surface area contributed by atoms with E-state index >= 15 is 0 Å². The number of nitrogens with one attached hydrogen (secondary N) is 1. The summed E-state index contributed by atoms with van der Waals surface area (Å²) in [6.07, 6.45) is 2.74. The summed E-state index contributed by atoms with van der Waals surface area (Å²) < 4.78 is 0. The van der Waals surface area contributed by atoms with Crippen LogP contribution in [0.2, 0.25) is 0 Å². The second kappa shape index (κ2) is 5.64. The Hall–Kier alpha value is -0.380. The summed E-state index contributed by atoms with van der Waals surface area (Å²) in [6, 6.07) is 6.20. The van der Waals surface area contributed by atoms with Crippen LogP contribution in [-0.4, -0.2) is 12.3 Å². The van der Waals surface area contributed by atoms with E-state index in [1.54, 1.807) is 0 Å². The number of halogens is 1. The predicted octanol–water partition coefficient (Wildman–Crippen LogP) is 2.66. The van der Waals surface area contributed by atoms with Gasteiger partial charge in [-0.25, -0.2) is 0 Å². The lowest BCUT2D eigenvalue weighted by atomic mass is 10.2. The van der Waals surface area contributed by atoms with Crippen LogP contribution >= 0.6 is 24.2 Å². The van der Waals surface area contributed by atoms with Crippen molar-refractivity contribution in [2.45, 2.75) is 29.5 Å². The first-order valence-corrected chi connectivity index (χ1v) is 5.87. The predicted molar refractivity (Wildman–Crippen MR) is 69.7 cm³/mol. The van der Waals surface area contributed by atoms with Gasteiger partial charge in [-0.1, -0.05) is 0 Å². The average Bonchev–Trinajstić information content (AvgIpc) is 2.94. The van der Waals surface area contributed by atoms with Crippen LogP contribution in [0.15, 0.2) is 23.1 Å². The van der Waals surface area contributed by atoms with Gasteiger partial charge in [-0.05, 0) is 43.7 Å². The summed E-state index contributed by atoms with van der Waals surface area (Å²) >= 11 is 1.99. The second-order valence-corrected chi connectivity index (χ2v) is 5.06. The molecule has 0 atom stereocenters. The fourth-order valence-electron chi connectivity index (χ4n) is 1.41. The Labute approximate surface area is 101 Å². The van der Waals surface area contributed by atoms with Gasteiger partial charge in [0, 0.05) is 22.4 Å². The summed E-state index contributed by atoms with van der Waals surface area (Å²) in [5, 5.41) is 4.03. The molecule has 0 spiro atoms. The van der Waals surface area contributed by atoms with Crippen LogP contribution in [0.5, 0.6) is 0 Å². The number of nitrogen functional groups attached to an aromatic ring is 1. The van der Waals surface area contributed by atoms with Gasteiger partial charge >= 0.3 is 0 Å². The smallest absolute Gasteiger partial charge is 0.0318 e. The van der Waals surface area contributed by atoms with E-state index in [4.69, 9.17) is 5.73 Å². The highest BCUT2D eigenvalue weighted by Crippen LogP contribution is 2.40. The van der Waals surface area contributed by atoms with Crippen LogP contribution in [0, 0.1) is 0 Å². The van der Waals surface area contributed by atoms with E-state index in [9.17, 15) is 0 Å². The molecule has 0 heterocycles. The lowest BCUT2D eigenvalue weighted by Gasteiger charge is -2.09. The van der Waals surface area contributed by atoms with Crippen LogP contribution in [0.1, 0.15) is 18.4 Å². The van der Waals surface area contributed by atoms with E-state index in [0.717, 1.165) is 17.5 Å². The van der Waals surface area contributed by atoms with Crippen molar-refractivity contribution in [1.29, 1.82) is 0 Å². The maximum atomic E-state index is 5.77. The molecule has 1 aliphatic rings. The third kappa shape index (κ3) is 3.59. The zero-order valence-electron chi connectivity index (χ0n) is 8.82. The molecule has 3 N–H and O–H groups in total. The van der Waals surface area contributed by atoms with Crippen LogP contribution in [0.3, 0.4) is 0 Å². The molecule has 0 radical (unpaired) electrons. The van der Waals surface area contributed by atoms with Crippen LogP contribution in [0.4, 0.5) is 5.69 Å². The van der Waals surface area contributed by atoms with Crippen molar-refractivity contribution in [3.63, 3.8) is 0 Å². The zero-order valence-corrected chi connectivity index (χ0v) is 10.5. The lowest BCUT2D eigenvalue weighted by Crippen LogP contribution is -2.06. The Bertz CT molecular complexity index is 326. The SMILES string of the molecule is CNCc1cc(N)ccc1SC1CC1.Cl. The second-order valence-electron chi connectivity index (χ2n) is 3.71. The summed E-state index contributed by atoms with van der Waals surface area (Å²) in [5.74, 6) is 0. The van der Waals surface area contributed by atoms with E-state index in [-0.39, 0.29) is 12.4 Å². The molecule has 0 amide bonds. The Kier molecular flexibility index (Phi) is 4.77. The van der Waals surface area contributed by atoms with Gasteiger partial charge in [0.15, 0.2) is 0 Å². The van der Waals surface area contributed by atoms with Gasteiger partial charge in [-0.2, -0.15) is 0 Å². The molecule has 84 valence electrons. The number of nitrogens with two attached hydrogens (primary N) is 1. The quantitative estimate of drug-likeness (QED) is 0.800. The summed E-state index contributed by atoms with van der Waals surface area (Å²) in [5.41, 5.74) is 7.95. The van der Waals surface area contributed by atoms with Crippen LogP contribution in [-0.2, 0) is 6.54 Å². The van der Waals surface area contributed by atoms with E-state index in [2.05, 4.69) is 17.4 Å². The molecule has 1 aliphatic carbocycles. The van der Waals surface area contributed by atoms with Gasteiger partial charge in [-0.3, -0.25) is 0 Å². The maximum Gasteiger partial charge on any atom is 0.0318 e. The average molecular weight is 245 g/mol. The minimum absolute atomic E-state index is 0. The topological polar surface area (TPSA) is 38.0 Å². The summed E-state index contributed by atoms with van der Waals surface area (Å²) in [7, 11) is 1.97. The molecule has 0 aliphatic heterocycles. The Balaban J connectivity index is 0.00000112. The maximum absolute atomic E-state index is 5.77. The molecule has 1 fully saturated rings. The molecular weight excluding hydrogens is 228 g/mol. The van der Waals surface area contributed by atoms with Gasteiger partial charge in [0.25, 0.3) is 0 Å². The van der Waals surface area contributed by atoms with Crippen molar-refractivity contribution >= 4 is 29.9 Å². The highest BCUT2D eigenvalue weighted by molar-refractivity contribution is 8.00. The number of hydrogen-bond acceptors (Lipinski definition) is 3. The number of hydrogen-bond donors (Lipinski definition) is 2. The molecule has 15 heavy (non-hydrogen) atoms. The molecule has 4 heteroatoms. The Morgan fingerprint density at radius 3 is 2.80 bits per heavy atom. The minimum Gasteiger partial charge on any atom is -0.399 e. The van der Waals surface area contributed by atoms with E-state index in [0.29, 0.717) is 0 Å². The van der Waals surface area contributed by atoms with E-state index in [1.807, 2.05) is 24.9 Å². The number of thioether (sulfide) groups is 1. The van der Waals surface area contributed by atoms with Crippen molar-refractivity contribution in [3.8, 4) is 0 Å². The van der Waals surface area contributed by atoms with Crippen molar-refractivity contribution < 1.29 is 0 Å². The molecule has 0 saturated heterocycles. The molecular formula is C11H17ClN2S. The van der Waals surface area contributed by atoms with Crippen molar-refractivity contribution in [1.82, 2.24) is 5.32 Å². The molecule has 1 aromatic rings.